The fourth-order valence-electron chi connectivity index (χ4n) is 1.17. The summed E-state index contributed by atoms with van der Waals surface area (Å²) in [6, 6.07) is 5.65. The van der Waals surface area contributed by atoms with Gasteiger partial charge in [-0.1, -0.05) is 13.0 Å². The van der Waals surface area contributed by atoms with E-state index in [1.54, 1.807) is 6.07 Å². The molecule has 0 aliphatic rings. The molecule has 0 aromatic heterocycles. The van der Waals surface area contributed by atoms with Gasteiger partial charge in [-0.25, -0.2) is 4.39 Å². The molecule has 0 unspecified atom stereocenters. The van der Waals surface area contributed by atoms with Crippen LogP contribution in [0.4, 0.5) is 4.39 Å². The molecule has 1 aromatic rings. The van der Waals surface area contributed by atoms with Crippen molar-refractivity contribution in [2.75, 3.05) is 19.6 Å². The molecule has 0 radical (unpaired) electrons. The largest absolute Gasteiger partial charge is 0.351 e. The van der Waals surface area contributed by atoms with Gasteiger partial charge in [-0.05, 0) is 24.7 Å². The van der Waals surface area contributed by atoms with Crippen LogP contribution < -0.4 is 10.6 Å². The normalized spacial score (nSPS) is 9.38. The second-order valence-corrected chi connectivity index (χ2v) is 3.12. The lowest BCUT2D eigenvalue weighted by Crippen LogP contribution is -2.31. The van der Waals surface area contributed by atoms with Gasteiger partial charge >= 0.3 is 0 Å². The summed E-state index contributed by atoms with van der Waals surface area (Å²) in [6.07, 6.45) is 0. The van der Waals surface area contributed by atoms with Crippen molar-refractivity contribution in [2.45, 2.75) is 6.92 Å². The zero-order chi connectivity index (χ0) is 11.1. The van der Waals surface area contributed by atoms with E-state index in [2.05, 4.69) is 10.6 Å². The van der Waals surface area contributed by atoms with Gasteiger partial charge in [-0.15, -0.1) is 12.4 Å². The topological polar surface area (TPSA) is 41.1 Å². The number of benzene rings is 1. The zero-order valence-electron chi connectivity index (χ0n) is 9.13. The van der Waals surface area contributed by atoms with E-state index in [9.17, 15) is 9.18 Å². The first-order valence-electron chi connectivity index (χ1n) is 4.98. The standard InChI is InChI=1S/C11H15FN2O.ClH/c1-2-13-6-7-14-11(15)9-4-3-5-10(12)8-9;/h3-5,8,13H,2,6-7H2,1H3,(H,14,15);1H. The van der Waals surface area contributed by atoms with Crippen LogP contribution in [0, 0.1) is 5.82 Å². The van der Waals surface area contributed by atoms with E-state index in [1.165, 1.54) is 18.2 Å². The maximum absolute atomic E-state index is 12.8. The monoisotopic (exact) mass is 246 g/mol. The quantitative estimate of drug-likeness (QED) is 0.775. The maximum Gasteiger partial charge on any atom is 0.251 e. The zero-order valence-corrected chi connectivity index (χ0v) is 9.94. The fraction of sp³-hybridized carbons (Fsp3) is 0.364. The SMILES string of the molecule is CCNCCNC(=O)c1cccc(F)c1.Cl. The summed E-state index contributed by atoms with van der Waals surface area (Å²) in [4.78, 5) is 11.5. The predicted molar refractivity (Wildman–Crippen MR) is 64.5 cm³/mol. The van der Waals surface area contributed by atoms with E-state index in [-0.39, 0.29) is 18.3 Å². The van der Waals surface area contributed by atoms with Crippen LogP contribution in [0.3, 0.4) is 0 Å². The number of hydrogen-bond donors (Lipinski definition) is 2. The lowest BCUT2D eigenvalue weighted by atomic mass is 10.2. The number of amides is 1. The first-order valence-corrected chi connectivity index (χ1v) is 4.98. The minimum Gasteiger partial charge on any atom is -0.351 e. The summed E-state index contributed by atoms with van der Waals surface area (Å²) in [5.74, 6) is -0.637. The number of nitrogens with one attached hydrogen (secondary N) is 2. The van der Waals surface area contributed by atoms with Gasteiger partial charge in [0.15, 0.2) is 0 Å². The number of carbonyl (C=O) groups is 1. The molecule has 2 N–H and O–H groups in total. The van der Waals surface area contributed by atoms with Crippen LogP contribution in [-0.4, -0.2) is 25.5 Å². The van der Waals surface area contributed by atoms with Crippen molar-refractivity contribution in [3.8, 4) is 0 Å². The third-order valence-corrected chi connectivity index (χ3v) is 1.92. The Kier molecular flexibility index (Phi) is 7.50. The van der Waals surface area contributed by atoms with Gasteiger partial charge in [0.1, 0.15) is 5.82 Å². The first-order chi connectivity index (χ1) is 7.24. The Morgan fingerprint density at radius 2 is 2.12 bits per heavy atom. The third-order valence-electron chi connectivity index (χ3n) is 1.92. The summed E-state index contributed by atoms with van der Waals surface area (Å²) in [7, 11) is 0. The summed E-state index contributed by atoms with van der Waals surface area (Å²) < 4.78 is 12.8. The van der Waals surface area contributed by atoms with Crippen LogP contribution in [0.25, 0.3) is 0 Å². The molecule has 0 aliphatic carbocycles. The van der Waals surface area contributed by atoms with E-state index >= 15 is 0 Å². The van der Waals surface area contributed by atoms with Crippen LogP contribution in [0.2, 0.25) is 0 Å². The van der Waals surface area contributed by atoms with Gasteiger partial charge in [0, 0.05) is 18.7 Å². The highest BCUT2D eigenvalue weighted by molar-refractivity contribution is 5.94. The van der Waals surface area contributed by atoms with Crippen molar-refractivity contribution in [3.63, 3.8) is 0 Å². The van der Waals surface area contributed by atoms with E-state index < -0.39 is 5.82 Å². The van der Waals surface area contributed by atoms with Gasteiger partial charge in [0.25, 0.3) is 5.91 Å². The average Bonchev–Trinajstić information content (AvgIpc) is 2.24. The summed E-state index contributed by atoms with van der Waals surface area (Å²) >= 11 is 0. The van der Waals surface area contributed by atoms with Crippen molar-refractivity contribution in [1.29, 1.82) is 0 Å². The molecule has 0 fully saturated rings. The third kappa shape index (κ3) is 5.09. The van der Waals surface area contributed by atoms with Gasteiger partial charge in [0.05, 0.1) is 0 Å². The van der Waals surface area contributed by atoms with E-state index in [4.69, 9.17) is 0 Å². The fourth-order valence-corrected chi connectivity index (χ4v) is 1.17. The summed E-state index contributed by atoms with van der Waals surface area (Å²) in [5, 5.41) is 5.77. The highest BCUT2D eigenvalue weighted by atomic mass is 35.5. The lowest BCUT2D eigenvalue weighted by molar-refractivity contribution is 0.0953. The Morgan fingerprint density at radius 1 is 1.38 bits per heavy atom. The highest BCUT2D eigenvalue weighted by Crippen LogP contribution is 2.02. The molecular weight excluding hydrogens is 231 g/mol. The molecule has 0 aliphatic heterocycles. The highest BCUT2D eigenvalue weighted by Gasteiger charge is 2.04. The van der Waals surface area contributed by atoms with E-state index in [0.717, 1.165) is 13.1 Å². The van der Waals surface area contributed by atoms with Gasteiger partial charge in [-0.2, -0.15) is 0 Å². The number of likely N-dealkylation sites (N-methyl/N-ethyl adjacent to an activating group) is 1. The minimum absolute atomic E-state index is 0. The molecule has 90 valence electrons. The average molecular weight is 247 g/mol. The van der Waals surface area contributed by atoms with Crippen LogP contribution >= 0.6 is 12.4 Å². The molecule has 0 atom stereocenters. The van der Waals surface area contributed by atoms with Crippen molar-refractivity contribution < 1.29 is 9.18 Å². The van der Waals surface area contributed by atoms with Crippen molar-refractivity contribution in [1.82, 2.24) is 10.6 Å². The Balaban J connectivity index is 0.00000225. The molecule has 0 bridgehead atoms. The molecule has 1 amide bonds. The van der Waals surface area contributed by atoms with Gasteiger partial charge in [-0.3, -0.25) is 4.79 Å². The van der Waals surface area contributed by atoms with Crippen molar-refractivity contribution in [3.05, 3.63) is 35.6 Å². The molecular formula is C11H16ClFN2O. The van der Waals surface area contributed by atoms with E-state index in [1.807, 2.05) is 6.92 Å². The molecule has 0 spiro atoms. The lowest BCUT2D eigenvalue weighted by Gasteiger charge is -2.05. The Morgan fingerprint density at radius 3 is 2.75 bits per heavy atom. The molecule has 3 nitrogen and oxygen atoms in total. The van der Waals surface area contributed by atoms with Gasteiger partial charge < -0.3 is 10.6 Å². The van der Waals surface area contributed by atoms with E-state index in [0.29, 0.717) is 12.1 Å². The molecule has 0 saturated heterocycles. The molecule has 1 rings (SSSR count). The van der Waals surface area contributed by atoms with Gasteiger partial charge in [0.2, 0.25) is 0 Å². The Hall–Kier alpha value is -1.13. The molecule has 5 heteroatoms. The predicted octanol–water partition coefficient (Wildman–Crippen LogP) is 1.59. The van der Waals surface area contributed by atoms with Crippen LogP contribution in [0.15, 0.2) is 24.3 Å². The Bertz CT molecular complexity index is 334. The van der Waals surface area contributed by atoms with Crippen molar-refractivity contribution in [2.24, 2.45) is 0 Å². The number of carbonyl (C=O) groups excluding carboxylic acids is 1. The number of hydrogen-bond acceptors (Lipinski definition) is 2. The summed E-state index contributed by atoms with van der Waals surface area (Å²) in [6.45, 7) is 4.13. The van der Waals surface area contributed by atoms with Crippen LogP contribution in [-0.2, 0) is 0 Å². The maximum atomic E-state index is 12.8. The molecule has 0 saturated carbocycles. The number of halogens is 2. The first kappa shape index (κ1) is 14.9. The molecule has 16 heavy (non-hydrogen) atoms. The number of rotatable bonds is 5. The molecule has 0 heterocycles. The Labute approximate surface area is 101 Å². The molecule has 1 aromatic carbocycles. The smallest absolute Gasteiger partial charge is 0.251 e. The second kappa shape index (κ2) is 8.07. The second-order valence-electron chi connectivity index (χ2n) is 3.12. The van der Waals surface area contributed by atoms with Crippen molar-refractivity contribution >= 4 is 18.3 Å². The summed E-state index contributed by atoms with van der Waals surface area (Å²) in [5.41, 5.74) is 0.353. The minimum atomic E-state index is -0.394. The van der Waals surface area contributed by atoms with Crippen LogP contribution in [0.1, 0.15) is 17.3 Å². The van der Waals surface area contributed by atoms with Crippen LogP contribution in [0.5, 0.6) is 0 Å².